The molecule has 0 bridgehead atoms. The summed E-state index contributed by atoms with van der Waals surface area (Å²) in [4.78, 5) is 2.31. The molecule has 2 heteroatoms. The number of aryl methyl sites for hydroxylation is 1. The smallest absolute Gasteiger partial charge is 0.0606 e. The van der Waals surface area contributed by atoms with Crippen molar-refractivity contribution >= 4 is 5.69 Å². The Morgan fingerprint density at radius 3 is 2.94 bits per heavy atom. The van der Waals surface area contributed by atoms with Crippen LogP contribution in [0.4, 0.5) is 5.69 Å². The second kappa shape index (κ2) is 4.88. The molecule has 1 atom stereocenters. The van der Waals surface area contributed by atoms with Gasteiger partial charge in [0.2, 0.25) is 0 Å². The molecule has 0 aromatic heterocycles. The summed E-state index contributed by atoms with van der Waals surface area (Å²) in [6, 6.07) is 6.72. The van der Waals surface area contributed by atoms with E-state index in [1.54, 1.807) is 0 Å². The van der Waals surface area contributed by atoms with E-state index in [-0.39, 0.29) is 6.61 Å². The molecule has 0 saturated carbocycles. The van der Waals surface area contributed by atoms with Crippen LogP contribution in [0, 0.1) is 6.92 Å². The average molecular weight is 219 g/mol. The molecule has 1 aromatic carbocycles. The van der Waals surface area contributed by atoms with Crippen molar-refractivity contribution in [3.05, 3.63) is 29.3 Å². The monoisotopic (exact) mass is 219 g/mol. The lowest BCUT2D eigenvalue weighted by Crippen LogP contribution is -2.33. The molecule has 0 fully saturated rings. The Morgan fingerprint density at radius 1 is 1.44 bits per heavy atom. The summed E-state index contributed by atoms with van der Waals surface area (Å²) in [5.41, 5.74) is 4.11. The Bertz CT molecular complexity index is 362. The Labute approximate surface area is 97.9 Å². The first kappa shape index (κ1) is 11.5. The van der Waals surface area contributed by atoms with Crippen molar-refractivity contribution in [3.63, 3.8) is 0 Å². The second-order valence-corrected chi connectivity index (χ2v) is 4.67. The molecule has 88 valence electrons. The number of aliphatic hydroxyl groups excluding tert-OH is 1. The maximum atomic E-state index is 9.09. The average Bonchev–Trinajstić information content (AvgIpc) is 2.30. The maximum Gasteiger partial charge on any atom is 0.0606 e. The highest BCUT2D eigenvalue weighted by Crippen LogP contribution is 2.37. The van der Waals surface area contributed by atoms with Gasteiger partial charge in [0.05, 0.1) is 6.61 Å². The third kappa shape index (κ3) is 2.07. The number of anilines is 1. The number of hydrogen-bond acceptors (Lipinski definition) is 2. The standard InChI is InChI=1S/C14H21NO/c1-3-12-6-7-15(8-9-16)14-10-11(2)4-5-13(12)14/h4-5,10,12,16H,3,6-9H2,1-2H3. The van der Waals surface area contributed by atoms with Gasteiger partial charge in [-0.15, -0.1) is 0 Å². The molecule has 16 heavy (non-hydrogen) atoms. The van der Waals surface area contributed by atoms with Crippen LogP contribution in [0.2, 0.25) is 0 Å². The zero-order valence-corrected chi connectivity index (χ0v) is 10.2. The van der Waals surface area contributed by atoms with Crippen LogP contribution in [0.25, 0.3) is 0 Å². The predicted molar refractivity (Wildman–Crippen MR) is 68.1 cm³/mol. The van der Waals surface area contributed by atoms with Crippen molar-refractivity contribution in [2.75, 3.05) is 24.6 Å². The van der Waals surface area contributed by atoms with E-state index in [1.807, 2.05) is 0 Å². The van der Waals surface area contributed by atoms with Gasteiger partial charge in [-0.25, -0.2) is 0 Å². The van der Waals surface area contributed by atoms with Gasteiger partial charge in [0.15, 0.2) is 0 Å². The number of β-amino-alcohol motifs (C(OH)–C–C–N with tert-alkyl or cyclic N) is 1. The zero-order chi connectivity index (χ0) is 11.5. The van der Waals surface area contributed by atoms with Gasteiger partial charge in [0.1, 0.15) is 0 Å². The van der Waals surface area contributed by atoms with E-state index < -0.39 is 0 Å². The van der Waals surface area contributed by atoms with Crippen molar-refractivity contribution in [2.24, 2.45) is 0 Å². The van der Waals surface area contributed by atoms with E-state index in [4.69, 9.17) is 5.11 Å². The van der Waals surface area contributed by atoms with Crippen molar-refractivity contribution in [1.29, 1.82) is 0 Å². The first-order valence-electron chi connectivity index (χ1n) is 6.22. The minimum Gasteiger partial charge on any atom is -0.395 e. The van der Waals surface area contributed by atoms with Crippen LogP contribution in [0.15, 0.2) is 18.2 Å². The maximum absolute atomic E-state index is 9.09. The van der Waals surface area contributed by atoms with Crippen molar-refractivity contribution in [1.82, 2.24) is 0 Å². The summed E-state index contributed by atoms with van der Waals surface area (Å²) in [5, 5.41) is 9.09. The topological polar surface area (TPSA) is 23.5 Å². The second-order valence-electron chi connectivity index (χ2n) is 4.67. The normalized spacial score (nSPS) is 19.7. The van der Waals surface area contributed by atoms with Crippen LogP contribution in [0.3, 0.4) is 0 Å². The van der Waals surface area contributed by atoms with Gasteiger partial charge in [0, 0.05) is 18.8 Å². The Morgan fingerprint density at radius 2 is 2.25 bits per heavy atom. The summed E-state index contributed by atoms with van der Waals surface area (Å²) >= 11 is 0. The lowest BCUT2D eigenvalue weighted by molar-refractivity contribution is 0.300. The van der Waals surface area contributed by atoms with Crippen LogP contribution in [-0.2, 0) is 0 Å². The van der Waals surface area contributed by atoms with Gasteiger partial charge < -0.3 is 10.0 Å². The summed E-state index contributed by atoms with van der Waals surface area (Å²) in [7, 11) is 0. The van der Waals surface area contributed by atoms with Crippen molar-refractivity contribution < 1.29 is 5.11 Å². The van der Waals surface area contributed by atoms with Gasteiger partial charge in [-0.1, -0.05) is 19.1 Å². The fraction of sp³-hybridized carbons (Fsp3) is 0.571. The van der Waals surface area contributed by atoms with Crippen LogP contribution in [0.1, 0.15) is 36.8 Å². The van der Waals surface area contributed by atoms with Gasteiger partial charge in [-0.2, -0.15) is 0 Å². The molecule has 1 aliphatic rings. The predicted octanol–water partition coefficient (Wildman–Crippen LogP) is 2.69. The lowest BCUT2D eigenvalue weighted by Gasteiger charge is -2.35. The number of hydrogen-bond donors (Lipinski definition) is 1. The van der Waals surface area contributed by atoms with Crippen LogP contribution < -0.4 is 4.90 Å². The van der Waals surface area contributed by atoms with Gasteiger partial charge >= 0.3 is 0 Å². The third-order valence-corrected chi connectivity index (χ3v) is 3.58. The summed E-state index contributed by atoms with van der Waals surface area (Å²) in [6.07, 6.45) is 2.43. The minimum atomic E-state index is 0.240. The first-order valence-corrected chi connectivity index (χ1v) is 6.22. The van der Waals surface area contributed by atoms with E-state index in [1.165, 1.54) is 29.7 Å². The van der Waals surface area contributed by atoms with Crippen molar-refractivity contribution in [2.45, 2.75) is 32.6 Å². The molecule has 2 rings (SSSR count). The third-order valence-electron chi connectivity index (χ3n) is 3.58. The summed E-state index contributed by atoms with van der Waals surface area (Å²) in [6.45, 7) is 6.47. The summed E-state index contributed by atoms with van der Waals surface area (Å²) < 4.78 is 0. The number of benzene rings is 1. The Kier molecular flexibility index (Phi) is 3.49. The van der Waals surface area contributed by atoms with Gasteiger partial charge in [-0.3, -0.25) is 0 Å². The molecule has 0 amide bonds. The van der Waals surface area contributed by atoms with Gasteiger partial charge in [0.25, 0.3) is 0 Å². The molecule has 1 heterocycles. The molecule has 0 saturated heterocycles. The van der Waals surface area contributed by atoms with Crippen LogP contribution in [-0.4, -0.2) is 24.8 Å². The number of nitrogens with zero attached hydrogens (tertiary/aromatic N) is 1. The molecule has 0 radical (unpaired) electrons. The Balaban J connectivity index is 2.36. The lowest BCUT2D eigenvalue weighted by atomic mass is 9.87. The molecule has 1 aliphatic heterocycles. The van der Waals surface area contributed by atoms with E-state index in [0.29, 0.717) is 5.92 Å². The van der Waals surface area contributed by atoms with Crippen LogP contribution in [0.5, 0.6) is 0 Å². The highest BCUT2D eigenvalue weighted by atomic mass is 16.3. The number of fused-ring (bicyclic) bond motifs is 1. The molecule has 0 spiro atoms. The fourth-order valence-electron chi connectivity index (χ4n) is 2.64. The highest BCUT2D eigenvalue weighted by Gasteiger charge is 2.23. The fourth-order valence-corrected chi connectivity index (χ4v) is 2.64. The Hall–Kier alpha value is -1.02. The van der Waals surface area contributed by atoms with E-state index in [0.717, 1.165) is 13.1 Å². The van der Waals surface area contributed by atoms with Crippen molar-refractivity contribution in [3.8, 4) is 0 Å². The highest BCUT2D eigenvalue weighted by molar-refractivity contribution is 5.58. The summed E-state index contributed by atoms with van der Waals surface area (Å²) in [5.74, 6) is 0.700. The van der Waals surface area contributed by atoms with E-state index in [9.17, 15) is 0 Å². The van der Waals surface area contributed by atoms with E-state index >= 15 is 0 Å². The molecule has 1 unspecified atom stereocenters. The molecule has 1 aromatic rings. The quantitative estimate of drug-likeness (QED) is 0.845. The first-order chi connectivity index (χ1) is 7.76. The zero-order valence-electron chi connectivity index (χ0n) is 10.2. The van der Waals surface area contributed by atoms with Crippen LogP contribution >= 0.6 is 0 Å². The van der Waals surface area contributed by atoms with E-state index in [2.05, 4.69) is 36.9 Å². The van der Waals surface area contributed by atoms with Gasteiger partial charge in [-0.05, 0) is 42.9 Å². The molecule has 2 nitrogen and oxygen atoms in total. The number of aliphatic hydroxyl groups is 1. The minimum absolute atomic E-state index is 0.240. The largest absolute Gasteiger partial charge is 0.395 e. The molecule has 1 N–H and O–H groups in total. The molecular formula is C14H21NO. The molecular weight excluding hydrogens is 198 g/mol. The molecule has 0 aliphatic carbocycles. The SMILES string of the molecule is CCC1CCN(CCO)c2cc(C)ccc21. The number of rotatable bonds is 3.